The van der Waals surface area contributed by atoms with E-state index in [1.54, 1.807) is 19.2 Å². The Kier molecular flexibility index (Phi) is 8.68. The number of rotatable bonds is 10. The van der Waals surface area contributed by atoms with E-state index in [0.717, 1.165) is 12.1 Å². The number of carbonyl (C=O) groups is 1. The summed E-state index contributed by atoms with van der Waals surface area (Å²) in [6.07, 6.45) is 2.47. The highest BCUT2D eigenvalue weighted by Crippen LogP contribution is 2.26. The van der Waals surface area contributed by atoms with Crippen LogP contribution in [0.5, 0.6) is 5.75 Å². The molecular formula is C24H24N2O9S2. The van der Waals surface area contributed by atoms with Crippen molar-refractivity contribution in [2.45, 2.75) is 9.79 Å². The molecule has 0 heterocycles. The molecule has 0 saturated carbocycles. The maximum atomic E-state index is 12.6. The molecule has 5 N–H and O–H groups in total. The second kappa shape index (κ2) is 11.5. The van der Waals surface area contributed by atoms with Gasteiger partial charge < -0.3 is 20.5 Å². The molecule has 3 aromatic carbocycles. The van der Waals surface area contributed by atoms with Crippen molar-refractivity contribution in [2.24, 2.45) is 0 Å². The van der Waals surface area contributed by atoms with Crippen molar-refractivity contribution in [1.82, 2.24) is 0 Å². The van der Waals surface area contributed by atoms with Crippen LogP contribution in [0.15, 0.2) is 70.5 Å². The van der Waals surface area contributed by atoms with Crippen LogP contribution in [-0.2, 0) is 25.0 Å². The number of hydrogen-bond donors (Lipinski definition) is 4. The minimum atomic E-state index is -4.74. The fraction of sp³-hybridized carbons (Fsp3) is 0.125. The van der Waals surface area contributed by atoms with Gasteiger partial charge in [-0.3, -0.25) is 13.9 Å². The lowest BCUT2D eigenvalue weighted by atomic mass is 10.1. The van der Waals surface area contributed by atoms with Crippen molar-refractivity contribution >= 4 is 49.7 Å². The highest BCUT2D eigenvalue weighted by Gasteiger charge is 2.18. The number of benzene rings is 3. The number of nitrogens with one attached hydrogen (secondary N) is 1. The van der Waals surface area contributed by atoms with Crippen LogP contribution >= 0.6 is 0 Å². The molecule has 3 aromatic rings. The molecule has 3 rings (SSSR count). The van der Waals surface area contributed by atoms with E-state index < -0.39 is 35.9 Å². The second-order valence-electron chi connectivity index (χ2n) is 7.65. The summed E-state index contributed by atoms with van der Waals surface area (Å²) in [5, 5.41) is 2.55. The van der Waals surface area contributed by atoms with Gasteiger partial charge in [0.2, 0.25) is 0 Å². The van der Waals surface area contributed by atoms with Crippen LogP contribution in [0.1, 0.15) is 21.5 Å². The van der Waals surface area contributed by atoms with Gasteiger partial charge in [-0.15, -0.1) is 0 Å². The SMILES string of the molecule is COCCOc1ccc(C(=O)Nc2ccc(C=Cc3ccc(N)cc3S(=O)(=O)O)c(S(=O)(=O)O)c2)cc1. The predicted molar refractivity (Wildman–Crippen MR) is 138 cm³/mol. The van der Waals surface area contributed by atoms with E-state index in [-0.39, 0.29) is 28.1 Å². The first-order chi connectivity index (χ1) is 17.4. The summed E-state index contributed by atoms with van der Waals surface area (Å²) >= 11 is 0. The summed E-state index contributed by atoms with van der Waals surface area (Å²) in [4.78, 5) is 11.6. The topological polar surface area (TPSA) is 182 Å². The fourth-order valence-electron chi connectivity index (χ4n) is 3.21. The average Bonchev–Trinajstić information content (AvgIpc) is 2.83. The Balaban J connectivity index is 1.86. The van der Waals surface area contributed by atoms with E-state index in [4.69, 9.17) is 15.2 Å². The molecule has 37 heavy (non-hydrogen) atoms. The summed E-state index contributed by atoms with van der Waals surface area (Å²) in [6.45, 7) is 0.752. The molecule has 0 aromatic heterocycles. The van der Waals surface area contributed by atoms with Crippen LogP contribution in [0.25, 0.3) is 12.2 Å². The molecule has 0 unspecified atom stereocenters. The maximum Gasteiger partial charge on any atom is 0.295 e. The number of nitrogens with two attached hydrogens (primary N) is 1. The number of amides is 1. The van der Waals surface area contributed by atoms with E-state index in [1.807, 2.05) is 0 Å². The van der Waals surface area contributed by atoms with E-state index in [1.165, 1.54) is 48.6 Å². The van der Waals surface area contributed by atoms with Gasteiger partial charge in [0.15, 0.2) is 0 Å². The fourth-order valence-corrected chi connectivity index (χ4v) is 4.64. The van der Waals surface area contributed by atoms with Gasteiger partial charge in [0.1, 0.15) is 22.1 Å². The van der Waals surface area contributed by atoms with E-state index in [0.29, 0.717) is 19.0 Å². The van der Waals surface area contributed by atoms with Gasteiger partial charge in [0.25, 0.3) is 26.1 Å². The zero-order valence-electron chi connectivity index (χ0n) is 19.5. The molecule has 0 aliphatic rings. The Labute approximate surface area is 214 Å². The predicted octanol–water partition coefficient (Wildman–Crippen LogP) is 3.21. The maximum absolute atomic E-state index is 12.6. The zero-order valence-corrected chi connectivity index (χ0v) is 21.1. The third-order valence-electron chi connectivity index (χ3n) is 4.98. The monoisotopic (exact) mass is 548 g/mol. The lowest BCUT2D eigenvalue weighted by molar-refractivity contribution is 0.102. The second-order valence-corrected chi connectivity index (χ2v) is 10.4. The molecular weight excluding hydrogens is 524 g/mol. The molecule has 196 valence electrons. The van der Waals surface area contributed by atoms with Crippen LogP contribution in [0.4, 0.5) is 11.4 Å². The molecule has 0 aliphatic heterocycles. The van der Waals surface area contributed by atoms with Gasteiger partial charge in [-0.25, -0.2) is 0 Å². The Morgan fingerprint density at radius 1 is 0.865 bits per heavy atom. The van der Waals surface area contributed by atoms with Crippen LogP contribution in [0.2, 0.25) is 0 Å². The van der Waals surface area contributed by atoms with Gasteiger partial charge in [0, 0.05) is 24.0 Å². The van der Waals surface area contributed by atoms with E-state index in [2.05, 4.69) is 5.32 Å². The molecule has 0 fully saturated rings. The van der Waals surface area contributed by atoms with E-state index >= 15 is 0 Å². The Morgan fingerprint density at radius 2 is 1.43 bits per heavy atom. The van der Waals surface area contributed by atoms with Gasteiger partial charge in [-0.1, -0.05) is 24.3 Å². The van der Waals surface area contributed by atoms with Gasteiger partial charge in [-0.05, 0) is 59.7 Å². The summed E-state index contributed by atoms with van der Waals surface area (Å²) < 4.78 is 76.9. The number of methoxy groups -OCH3 is 1. The summed E-state index contributed by atoms with van der Waals surface area (Å²) in [5.41, 5.74) is 6.07. The first-order valence-corrected chi connectivity index (χ1v) is 13.5. The van der Waals surface area contributed by atoms with E-state index in [9.17, 15) is 30.7 Å². The van der Waals surface area contributed by atoms with Crippen LogP contribution in [0, 0.1) is 0 Å². The zero-order chi connectivity index (χ0) is 27.2. The number of anilines is 2. The Hall–Kier alpha value is -3.75. The summed E-state index contributed by atoms with van der Waals surface area (Å²) in [6, 6.07) is 13.8. The number of nitrogen functional groups attached to an aromatic ring is 1. The molecule has 13 heteroatoms. The highest BCUT2D eigenvalue weighted by atomic mass is 32.2. The van der Waals surface area contributed by atoms with Crippen molar-refractivity contribution in [1.29, 1.82) is 0 Å². The summed E-state index contributed by atoms with van der Waals surface area (Å²) in [5.74, 6) is 0.00403. The summed E-state index contributed by atoms with van der Waals surface area (Å²) in [7, 11) is -7.81. The Morgan fingerprint density at radius 3 is 2.00 bits per heavy atom. The molecule has 0 spiro atoms. The van der Waals surface area contributed by atoms with Gasteiger partial charge in [-0.2, -0.15) is 16.8 Å². The smallest absolute Gasteiger partial charge is 0.295 e. The van der Waals surface area contributed by atoms with Crippen molar-refractivity contribution < 1.29 is 40.2 Å². The first kappa shape index (κ1) is 27.8. The van der Waals surface area contributed by atoms with Gasteiger partial charge in [0.05, 0.1) is 6.61 Å². The molecule has 0 radical (unpaired) electrons. The normalized spacial score (nSPS) is 12.0. The lowest BCUT2D eigenvalue weighted by Gasteiger charge is -2.10. The minimum Gasteiger partial charge on any atom is -0.491 e. The van der Waals surface area contributed by atoms with Crippen molar-refractivity contribution in [3.8, 4) is 5.75 Å². The minimum absolute atomic E-state index is 0.00354. The molecule has 1 amide bonds. The molecule has 0 atom stereocenters. The van der Waals surface area contributed by atoms with Crippen molar-refractivity contribution in [3.63, 3.8) is 0 Å². The van der Waals surface area contributed by atoms with Crippen LogP contribution in [0.3, 0.4) is 0 Å². The number of carbonyl (C=O) groups excluding carboxylic acids is 1. The molecule has 0 saturated heterocycles. The van der Waals surface area contributed by atoms with Crippen LogP contribution < -0.4 is 15.8 Å². The van der Waals surface area contributed by atoms with Crippen LogP contribution in [-0.4, -0.2) is 52.2 Å². The first-order valence-electron chi connectivity index (χ1n) is 10.6. The molecule has 0 aliphatic carbocycles. The number of hydrogen-bond acceptors (Lipinski definition) is 8. The third kappa shape index (κ3) is 7.62. The molecule has 11 nitrogen and oxygen atoms in total. The number of ether oxygens (including phenoxy) is 2. The van der Waals surface area contributed by atoms with Crippen molar-refractivity contribution in [2.75, 3.05) is 31.4 Å². The largest absolute Gasteiger partial charge is 0.491 e. The average molecular weight is 549 g/mol. The highest BCUT2D eigenvalue weighted by molar-refractivity contribution is 7.86. The van der Waals surface area contributed by atoms with Gasteiger partial charge >= 0.3 is 0 Å². The molecule has 0 bridgehead atoms. The Bertz CT molecular complexity index is 1530. The quantitative estimate of drug-likeness (QED) is 0.127. The standard InChI is InChI=1S/C24H24N2O9S2/c1-34-12-13-35-21-10-6-18(7-11-21)24(27)26-20-9-5-17(23(15-20)37(31,32)33)3-2-16-4-8-19(25)14-22(16)36(28,29)30/h2-11,14-15H,12-13,25H2,1H3,(H,26,27)(H,28,29,30)(H,31,32,33). The third-order valence-corrected chi connectivity index (χ3v) is 6.80. The van der Waals surface area contributed by atoms with Crippen molar-refractivity contribution in [3.05, 3.63) is 77.4 Å². The lowest BCUT2D eigenvalue weighted by Crippen LogP contribution is -2.13.